The van der Waals surface area contributed by atoms with Crippen molar-refractivity contribution in [3.05, 3.63) is 0 Å². The summed E-state index contributed by atoms with van der Waals surface area (Å²) in [4.78, 5) is 0. The molecule has 272 valence electrons. The lowest BCUT2D eigenvalue weighted by Crippen LogP contribution is -2.64. The Morgan fingerprint density at radius 2 is 0.587 bits per heavy atom. The van der Waals surface area contributed by atoms with Gasteiger partial charge in [0, 0.05) is 0 Å². The molecule has 4 rings (SSSR count). The van der Waals surface area contributed by atoms with E-state index >= 15 is 0 Å². The van der Waals surface area contributed by atoms with Crippen LogP contribution in [0.5, 0.6) is 0 Å². The van der Waals surface area contributed by atoms with Crippen LogP contribution in [0.25, 0.3) is 0 Å². The van der Waals surface area contributed by atoms with Crippen molar-refractivity contribution in [2.24, 2.45) is 0 Å². The fourth-order valence-corrected chi connectivity index (χ4v) is 5.11. The van der Waals surface area contributed by atoms with Gasteiger partial charge < -0.3 is 110 Å². The lowest BCUT2D eigenvalue weighted by Gasteiger charge is -2.44. The molecular weight excluding hydrogens is 640 g/mol. The first-order valence-electron chi connectivity index (χ1n) is 14.2. The largest absolute Gasteiger partial charge is 0.394 e. The van der Waals surface area contributed by atoms with E-state index in [4.69, 9.17) is 48.8 Å². The minimum Gasteiger partial charge on any atom is -0.394 e. The van der Waals surface area contributed by atoms with Gasteiger partial charge in [-0.05, 0) is 0 Å². The Kier molecular flexibility index (Phi) is 14.8. The van der Waals surface area contributed by atoms with Gasteiger partial charge in [-0.3, -0.25) is 0 Å². The van der Waals surface area contributed by atoms with E-state index < -0.39 is 149 Å². The van der Waals surface area contributed by atoms with Crippen molar-refractivity contribution in [3.63, 3.8) is 0 Å². The molecule has 0 amide bonds. The van der Waals surface area contributed by atoms with Crippen LogP contribution in [0.3, 0.4) is 0 Å². The third kappa shape index (κ3) is 8.45. The SMILES string of the molecule is OC[C@H]1O[C@@H](O[C@@H]2[C@@H](O)[C@H](O)[C@@H](CO)O[C@@H]2O)[C@H](O)[C@@H](O)[C@@H]1O.OC[C@H]1O[C@@H](O[C@@H]2[C@@H](O)[C@H](O)[C@@H](CO)O[C@@H]2O)[C@H](O)[C@@H](O)[C@@H]1O. The maximum Gasteiger partial charge on any atom is 0.187 e. The van der Waals surface area contributed by atoms with Gasteiger partial charge in [-0.25, -0.2) is 0 Å². The molecule has 22 heteroatoms. The van der Waals surface area contributed by atoms with Crippen LogP contribution in [0.4, 0.5) is 0 Å². The molecule has 0 spiro atoms. The van der Waals surface area contributed by atoms with E-state index in [1.54, 1.807) is 0 Å². The van der Waals surface area contributed by atoms with Crippen molar-refractivity contribution in [2.75, 3.05) is 26.4 Å². The molecule has 16 N–H and O–H groups in total. The zero-order valence-electron chi connectivity index (χ0n) is 24.0. The standard InChI is InChI=1S/2C12H22O11/c2*13-1-3-6(16)8(18)10(11(20)21-3)23-12-9(19)7(17)5(15)4(2-14)22-12/h2*3-20H,1-2H2/t2*3-,4-,5-,6-,7+,8+,9-,10-,11+,12+/m11/s1. The molecule has 0 aliphatic carbocycles. The van der Waals surface area contributed by atoms with Crippen molar-refractivity contribution in [1.29, 1.82) is 0 Å². The average Bonchev–Trinajstić information content (AvgIpc) is 3.04. The molecule has 4 aliphatic rings. The maximum absolute atomic E-state index is 9.94. The zero-order valence-corrected chi connectivity index (χ0v) is 24.0. The Labute approximate surface area is 260 Å². The summed E-state index contributed by atoms with van der Waals surface area (Å²) in [6, 6.07) is 0. The van der Waals surface area contributed by atoms with E-state index in [1.807, 2.05) is 0 Å². The highest BCUT2D eigenvalue weighted by Gasteiger charge is 2.51. The minimum atomic E-state index is -1.75. The van der Waals surface area contributed by atoms with Gasteiger partial charge in [0.15, 0.2) is 25.2 Å². The molecule has 0 radical (unpaired) electrons. The molecule has 4 aliphatic heterocycles. The number of hydrogen-bond donors (Lipinski definition) is 16. The molecule has 4 heterocycles. The predicted octanol–water partition coefficient (Wildman–Crippen LogP) is -10.8. The van der Waals surface area contributed by atoms with Gasteiger partial charge in [-0.15, -0.1) is 0 Å². The topological polar surface area (TPSA) is 379 Å². The normalized spacial score (nSPS) is 51.7. The highest BCUT2D eigenvalue weighted by molar-refractivity contribution is 4.94. The summed E-state index contributed by atoms with van der Waals surface area (Å²) in [5.41, 5.74) is 0. The highest BCUT2D eigenvalue weighted by Crippen LogP contribution is 2.30. The number of hydrogen-bond acceptors (Lipinski definition) is 22. The molecular formula is C24H44O22. The first-order valence-corrected chi connectivity index (χ1v) is 14.2. The molecule has 0 aromatic carbocycles. The first kappa shape index (κ1) is 39.6. The monoisotopic (exact) mass is 684 g/mol. The highest BCUT2D eigenvalue weighted by atomic mass is 16.7. The van der Waals surface area contributed by atoms with Crippen LogP contribution in [0.1, 0.15) is 0 Å². The van der Waals surface area contributed by atoms with Gasteiger partial charge in [0.2, 0.25) is 0 Å². The van der Waals surface area contributed by atoms with E-state index in [9.17, 15) is 61.3 Å². The second-order valence-electron chi connectivity index (χ2n) is 11.1. The summed E-state index contributed by atoms with van der Waals surface area (Å²) in [6.07, 6.45) is -31.3. The summed E-state index contributed by atoms with van der Waals surface area (Å²) < 4.78 is 30.2. The molecule has 0 saturated carbocycles. The van der Waals surface area contributed by atoms with Crippen molar-refractivity contribution in [3.8, 4) is 0 Å². The summed E-state index contributed by atoms with van der Waals surface area (Å²) in [6.45, 7) is -2.65. The van der Waals surface area contributed by atoms with Crippen LogP contribution in [-0.4, -0.2) is 231 Å². The molecule has 0 unspecified atom stereocenters. The van der Waals surface area contributed by atoms with Gasteiger partial charge in [0.05, 0.1) is 26.4 Å². The van der Waals surface area contributed by atoms with E-state index in [0.717, 1.165) is 0 Å². The second-order valence-corrected chi connectivity index (χ2v) is 11.1. The first-order chi connectivity index (χ1) is 21.6. The van der Waals surface area contributed by atoms with Gasteiger partial charge in [-0.1, -0.05) is 0 Å². The molecule has 46 heavy (non-hydrogen) atoms. The lowest BCUT2D eigenvalue weighted by molar-refractivity contribution is -0.361. The predicted molar refractivity (Wildman–Crippen MR) is 137 cm³/mol. The number of aliphatic hydroxyl groups is 16. The van der Waals surface area contributed by atoms with Crippen molar-refractivity contribution < 1.29 is 110 Å². The third-order valence-corrected chi connectivity index (χ3v) is 7.96. The Balaban J connectivity index is 0.000000250. The Bertz CT molecular complexity index is 830. The molecule has 0 aromatic rings. The second kappa shape index (κ2) is 17.2. The van der Waals surface area contributed by atoms with Crippen LogP contribution < -0.4 is 0 Å². The lowest BCUT2D eigenvalue weighted by atomic mass is 9.97. The Hall–Kier alpha value is -0.880. The Morgan fingerprint density at radius 1 is 0.326 bits per heavy atom. The summed E-state index contributed by atoms with van der Waals surface area (Å²) >= 11 is 0. The Morgan fingerprint density at radius 3 is 0.870 bits per heavy atom. The summed E-state index contributed by atoms with van der Waals surface area (Å²) in [5, 5.41) is 153. The van der Waals surface area contributed by atoms with E-state index in [1.165, 1.54) is 0 Å². The molecule has 0 aromatic heterocycles. The van der Waals surface area contributed by atoms with Gasteiger partial charge in [0.1, 0.15) is 97.7 Å². The molecule has 20 atom stereocenters. The van der Waals surface area contributed by atoms with Gasteiger partial charge in [-0.2, -0.15) is 0 Å². The molecule has 22 nitrogen and oxygen atoms in total. The van der Waals surface area contributed by atoms with Crippen molar-refractivity contribution in [1.82, 2.24) is 0 Å². The van der Waals surface area contributed by atoms with Crippen LogP contribution in [-0.2, 0) is 28.4 Å². The fourth-order valence-electron chi connectivity index (χ4n) is 5.11. The van der Waals surface area contributed by atoms with Gasteiger partial charge >= 0.3 is 0 Å². The van der Waals surface area contributed by atoms with Crippen LogP contribution >= 0.6 is 0 Å². The number of aliphatic hydroxyl groups excluding tert-OH is 16. The van der Waals surface area contributed by atoms with Gasteiger partial charge in [0.25, 0.3) is 0 Å². The number of ether oxygens (including phenoxy) is 6. The fraction of sp³-hybridized carbons (Fsp3) is 1.00. The minimum absolute atomic E-state index is 0.651. The van der Waals surface area contributed by atoms with E-state index in [0.29, 0.717) is 0 Å². The third-order valence-electron chi connectivity index (χ3n) is 7.96. The zero-order chi connectivity index (χ0) is 34.6. The molecule has 4 saturated heterocycles. The summed E-state index contributed by atoms with van der Waals surface area (Å²) in [7, 11) is 0. The van der Waals surface area contributed by atoms with Crippen LogP contribution in [0, 0.1) is 0 Å². The maximum atomic E-state index is 9.94. The van der Waals surface area contributed by atoms with Crippen LogP contribution in [0.15, 0.2) is 0 Å². The quantitative estimate of drug-likeness (QED) is 0.113. The smallest absolute Gasteiger partial charge is 0.187 e. The van der Waals surface area contributed by atoms with E-state index in [2.05, 4.69) is 0 Å². The average molecular weight is 685 g/mol. The van der Waals surface area contributed by atoms with Crippen molar-refractivity contribution >= 4 is 0 Å². The van der Waals surface area contributed by atoms with E-state index in [-0.39, 0.29) is 0 Å². The van der Waals surface area contributed by atoms with Crippen molar-refractivity contribution in [2.45, 2.75) is 123 Å². The van der Waals surface area contributed by atoms with Crippen LogP contribution in [0.2, 0.25) is 0 Å². The molecule has 4 fully saturated rings. The molecule has 0 bridgehead atoms. The summed E-state index contributed by atoms with van der Waals surface area (Å²) in [5.74, 6) is 0. The number of rotatable bonds is 8.